The summed E-state index contributed by atoms with van der Waals surface area (Å²) in [6.45, 7) is 5.85. The monoisotopic (exact) mass is 451 g/mol. The molecule has 3 saturated heterocycles. The van der Waals surface area contributed by atoms with Crippen molar-refractivity contribution in [2.75, 3.05) is 33.7 Å². The summed E-state index contributed by atoms with van der Waals surface area (Å²) in [5.74, 6) is -0.189. The van der Waals surface area contributed by atoms with Crippen LogP contribution in [0.25, 0.3) is 0 Å². The number of hydrogen-bond acceptors (Lipinski definition) is 5. The highest BCUT2D eigenvalue weighted by atomic mass is 16.2. The molecule has 176 valence electrons. The molecule has 0 saturated carbocycles. The highest BCUT2D eigenvalue weighted by Crippen LogP contribution is 2.38. The molecule has 8 nitrogen and oxygen atoms in total. The second kappa shape index (κ2) is 9.14. The van der Waals surface area contributed by atoms with E-state index >= 15 is 0 Å². The van der Waals surface area contributed by atoms with Crippen LogP contribution in [0.1, 0.15) is 55.1 Å². The Labute approximate surface area is 195 Å². The van der Waals surface area contributed by atoms with Crippen LogP contribution in [0, 0.1) is 17.2 Å². The number of likely N-dealkylation sites (tertiary alicyclic amines) is 3. The molecule has 2 bridgehead atoms. The zero-order valence-electron chi connectivity index (χ0n) is 19.9. The van der Waals surface area contributed by atoms with Crippen LogP contribution in [0.15, 0.2) is 24.3 Å². The third-order valence-electron chi connectivity index (χ3n) is 7.37. The number of piperazine rings is 1. The fraction of sp³-hybridized carbons (Fsp3) is 0.600. The van der Waals surface area contributed by atoms with E-state index in [1.54, 1.807) is 30.0 Å². The predicted molar refractivity (Wildman–Crippen MR) is 123 cm³/mol. The molecule has 1 aromatic carbocycles. The maximum Gasteiger partial charge on any atom is 0.253 e. The van der Waals surface area contributed by atoms with Crippen LogP contribution in [0.5, 0.6) is 0 Å². The zero-order chi connectivity index (χ0) is 23.9. The van der Waals surface area contributed by atoms with Crippen LogP contribution in [-0.4, -0.2) is 89.2 Å². The molecule has 33 heavy (non-hydrogen) atoms. The molecule has 4 rings (SSSR count). The van der Waals surface area contributed by atoms with Crippen LogP contribution >= 0.6 is 0 Å². The second-order valence-electron chi connectivity index (χ2n) is 9.83. The molecule has 3 fully saturated rings. The quantitative estimate of drug-likeness (QED) is 0.659. The maximum absolute atomic E-state index is 13.3. The number of nitrogens with zero attached hydrogens (tertiary/aromatic N) is 5. The fourth-order valence-corrected chi connectivity index (χ4v) is 5.63. The Bertz CT molecular complexity index is 986. The summed E-state index contributed by atoms with van der Waals surface area (Å²) >= 11 is 0. The van der Waals surface area contributed by atoms with Gasteiger partial charge in [0.15, 0.2) is 0 Å². The summed E-state index contributed by atoms with van der Waals surface area (Å²) in [6, 6.07) is 9.22. The summed E-state index contributed by atoms with van der Waals surface area (Å²) in [5.41, 5.74) is 1.57. The summed E-state index contributed by atoms with van der Waals surface area (Å²) in [5, 5.41) is 9.30. The maximum atomic E-state index is 13.3. The van der Waals surface area contributed by atoms with Crippen molar-refractivity contribution < 1.29 is 14.4 Å². The van der Waals surface area contributed by atoms with E-state index in [0.717, 1.165) is 31.4 Å². The second-order valence-corrected chi connectivity index (χ2v) is 9.83. The first-order chi connectivity index (χ1) is 15.7. The minimum atomic E-state index is -0.317. The van der Waals surface area contributed by atoms with Crippen molar-refractivity contribution in [2.45, 2.75) is 57.3 Å². The summed E-state index contributed by atoms with van der Waals surface area (Å²) in [6.07, 6.45) is 2.39. The topological polar surface area (TPSA) is 88.0 Å². The number of fused-ring (bicyclic) bond motifs is 2. The molecule has 0 aliphatic carbocycles. The van der Waals surface area contributed by atoms with E-state index in [0.29, 0.717) is 18.7 Å². The van der Waals surface area contributed by atoms with Gasteiger partial charge in [-0.25, -0.2) is 0 Å². The number of benzene rings is 1. The van der Waals surface area contributed by atoms with Gasteiger partial charge in [-0.1, -0.05) is 19.1 Å². The molecule has 3 amide bonds. The Kier molecular flexibility index (Phi) is 6.44. The van der Waals surface area contributed by atoms with Crippen molar-refractivity contribution >= 4 is 17.7 Å². The third kappa shape index (κ3) is 4.22. The number of nitriles is 1. The standard InChI is InChI=1S/C25H33N5O3/c1-16(23(31)29-10-6-9-20(29)13-26)14-28-15-21-12-22(28)25(33)30(21)17(2)18-7-5-8-19(11-18)24(32)27(3)4/h5,7-8,11,16-17,20-22H,6,9-10,12,14-15H2,1-4H3/t16-,17-,20-,21+,22+/m0/s1. The van der Waals surface area contributed by atoms with E-state index < -0.39 is 0 Å². The SMILES string of the molecule is C[C@@H](CN1C[C@H]2C[C@@H]1C(=O)N2[C@@H](C)c1cccc(C(=O)N(C)C)c1)C(=O)N1CCC[C@H]1C#N. The van der Waals surface area contributed by atoms with E-state index in [9.17, 15) is 19.6 Å². The number of carbonyl (C=O) groups is 3. The lowest BCUT2D eigenvalue weighted by Gasteiger charge is -2.38. The summed E-state index contributed by atoms with van der Waals surface area (Å²) in [7, 11) is 3.46. The average molecular weight is 452 g/mol. The number of rotatable bonds is 6. The normalized spacial score (nSPS) is 26.4. The van der Waals surface area contributed by atoms with Crippen molar-refractivity contribution in [3.05, 3.63) is 35.4 Å². The Hall–Kier alpha value is -2.92. The van der Waals surface area contributed by atoms with Gasteiger partial charge >= 0.3 is 0 Å². The first kappa shape index (κ1) is 23.2. The lowest BCUT2D eigenvalue weighted by atomic mass is 10.0. The van der Waals surface area contributed by atoms with Crippen LogP contribution in [0.4, 0.5) is 0 Å². The van der Waals surface area contributed by atoms with Gasteiger partial charge in [0.05, 0.1) is 18.2 Å². The number of amides is 3. The first-order valence-corrected chi connectivity index (χ1v) is 11.8. The van der Waals surface area contributed by atoms with E-state index in [1.165, 1.54) is 0 Å². The molecule has 0 aromatic heterocycles. The molecular weight excluding hydrogens is 418 g/mol. The highest BCUT2D eigenvalue weighted by molar-refractivity contribution is 5.94. The smallest absolute Gasteiger partial charge is 0.253 e. The summed E-state index contributed by atoms with van der Waals surface area (Å²) < 4.78 is 0. The molecule has 0 radical (unpaired) electrons. The Morgan fingerprint density at radius 2 is 2.03 bits per heavy atom. The molecule has 3 heterocycles. The molecule has 3 aliphatic heterocycles. The zero-order valence-corrected chi connectivity index (χ0v) is 19.9. The molecular formula is C25H33N5O3. The van der Waals surface area contributed by atoms with E-state index in [-0.39, 0.29) is 47.8 Å². The Morgan fingerprint density at radius 3 is 2.70 bits per heavy atom. The predicted octanol–water partition coefficient (Wildman–Crippen LogP) is 1.89. The largest absolute Gasteiger partial charge is 0.345 e. The molecule has 1 aromatic rings. The molecule has 5 atom stereocenters. The van der Waals surface area contributed by atoms with Crippen LogP contribution in [0.2, 0.25) is 0 Å². The van der Waals surface area contributed by atoms with E-state index in [1.807, 2.05) is 36.9 Å². The van der Waals surface area contributed by atoms with Crippen LogP contribution < -0.4 is 0 Å². The van der Waals surface area contributed by atoms with Gasteiger partial charge in [-0.15, -0.1) is 0 Å². The lowest BCUT2D eigenvalue weighted by Crippen LogP contribution is -2.53. The first-order valence-electron chi connectivity index (χ1n) is 11.8. The van der Waals surface area contributed by atoms with Crippen molar-refractivity contribution in [3.63, 3.8) is 0 Å². The van der Waals surface area contributed by atoms with Crippen molar-refractivity contribution in [3.8, 4) is 6.07 Å². The molecule has 0 N–H and O–H groups in total. The number of carbonyl (C=O) groups excluding carboxylic acids is 3. The third-order valence-corrected chi connectivity index (χ3v) is 7.37. The van der Waals surface area contributed by atoms with E-state index in [4.69, 9.17) is 0 Å². The van der Waals surface area contributed by atoms with Crippen molar-refractivity contribution in [2.24, 2.45) is 5.92 Å². The van der Waals surface area contributed by atoms with Crippen molar-refractivity contribution in [1.82, 2.24) is 19.6 Å². The van der Waals surface area contributed by atoms with Crippen LogP contribution in [0.3, 0.4) is 0 Å². The van der Waals surface area contributed by atoms with Gasteiger partial charge in [0.2, 0.25) is 11.8 Å². The van der Waals surface area contributed by atoms with Crippen molar-refractivity contribution in [1.29, 1.82) is 5.26 Å². The molecule has 3 aliphatic rings. The van der Waals surface area contributed by atoms with Crippen LogP contribution in [-0.2, 0) is 9.59 Å². The average Bonchev–Trinajstić information content (AvgIpc) is 3.52. The summed E-state index contributed by atoms with van der Waals surface area (Å²) in [4.78, 5) is 45.9. The number of hydrogen-bond donors (Lipinski definition) is 0. The molecule has 0 spiro atoms. The molecule has 8 heteroatoms. The fourth-order valence-electron chi connectivity index (χ4n) is 5.63. The Balaban J connectivity index is 1.41. The van der Waals surface area contributed by atoms with Gasteiger partial charge in [-0.05, 0) is 43.9 Å². The van der Waals surface area contributed by atoms with Gasteiger partial charge in [-0.2, -0.15) is 5.26 Å². The van der Waals surface area contributed by atoms with Gasteiger partial charge in [0.1, 0.15) is 6.04 Å². The van der Waals surface area contributed by atoms with Gasteiger partial charge in [0, 0.05) is 51.3 Å². The van der Waals surface area contributed by atoms with Gasteiger partial charge in [-0.3, -0.25) is 19.3 Å². The Morgan fingerprint density at radius 1 is 1.27 bits per heavy atom. The van der Waals surface area contributed by atoms with Gasteiger partial charge in [0.25, 0.3) is 5.91 Å². The molecule has 0 unspecified atom stereocenters. The lowest BCUT2D eigenvalue weighted by molar-refractivity contribution is -0.142. The van der Waals surface area contributed by atoms with Gasteiger partial charge < -0.3 is 14.7 Å². The highest BCUT2D eigenvalue weighted by Gasteiger charge is 2.51. The minimum absolute atomic E-state index is 0.0156. The minimum Gasteiger partial charge on any atom is -0.345 e. The van der Waals surface area contributed by atoms with E-state index in [2.05, 4.69) is 11.0 Å².